The van der Waals surface area contributed by atoms with Crippen molar-refractivity contribution in [2.24, 2.45) is 4.99 Å². The summed E-state index contributed by atoms with van der Waals surface area (Å²) in [5.41, 5.74) is 1.38. The van der Waals surface area contributed by atoms with Gasteiger partial charge >= 0.3 is 5.97 Å². The van der Waals surface area contributed by atoms with Crippen molar-refractivity contribution in [1.29, 1.82) is 0 Å². The Labute approximate surface area is 138 Å². The second kappa shape index (κ2) is 8.56. The molecule has 0 radical (unpaired) electrons. The van der Waals surface area contributed by atoms with Gasteiger partial charge in [0, 0.05) is 32.6 Å². The van der Waals surface area contributed by atoms with Gasteiger partial charge in [0.25, 0.3) is 0 Å². The Bertz CT molecular complexity index is 528. The van der Waals surface area contributed by atoms with Crippen molar-refractivity contribution in [2.45, 2.75) is 38.7 Å². The minimum absolute atomic E-state index is 0.0629. The smallest absolute Gasteiger partial charge is 0.307 e. The fraction of sp³-hybridized carbons (Fsp3) is 0.556. The zero-order chi connectivity index (χ0) is 16.7. The van der Waals surface area contributed by atoms with Crippen LogP contribution < -0.4 is 5.32 Å². The van der Waals surface area contributed by atoms with Crippen LogP contribution in [0.1, 0.15) is 38.2 Å². The van der Waals surface area contributed by atoms with E-state index in [1.54, 1.807) is 7.05 Å². The largest absolute Gasteiger partial charge is 0.463 e. The van der Waals surface area contributed by atoms with E-state index in [9.17, 15) is 4.79 Å². The van der Waals surface area contributed by atoms with Crippen molar-refractivity contribution in [2.75, 3.05) is 26.7 Å². The summed E-state index contributed by atoms with van der Waals surface area (Å²) in [4.78, 5) is 18.2. The van der Waals surface area contributed by atoms with E-state index < -0.39 is 0 Å². The number of nitrogens with one attached hydrogen (secondary N) is 1. The third-order valence-electron chi connectivity index (χ3n) is 3.95. The number of ether oxygens (including phenoxy) is 1. The fourth-order valence-corrected chi connectivity index (χ4v) is 2.88. The van der Waals surface area contributed by atoms with E-state index in [1.165, 1.54) is 5.56 Å². The molecule has 0 saturated carbocycles. The SMILES string of the molecule is CN=C(NCCC(=O)OC(C)C)N1CCC(c2ccccc2)C1. The van der Waals surface area contributed by atoms with Crippen molar-refractivity contribution in [1.82, 2.24) is 10.2 Å². The van der Waals surface area contributed by atoms with Crippen LogP contribution in [-0.4, -0.2) is 49.6 Å². The van der Waals surface area contributed by atoms with E-state index in [1.807, 2.05) is 19.9 Å². The molecular formula is C18H27N3O2. The van der Waals surface area contributed by atoms with Gasteiger partial charge in [-0.25, -0.2) is 0 Å². The number of aliphatic imine (C=N–C) groups is 1. The van der Waals surface area contributed by atoms with E-state index in [2.05, 4.69) is 39.5 Å². The Kier molecular flexibility index (Phi) is 6.44. The lowest BCUT2D eigenvalue weighted by molar-refractivity contribution is -0.147. The van der Waals surface area contributed by atoms with Gasteiger partial charge in [-0.15, -0.1) is 0 Å². The number of carbonyl (C=O) groups excluding carboxylic acids is 1. The molecule has 5 nitrogen and oxygen atoms in total. The summed E-state index contributed by atoms with van der Waals surface area (Å²) in [6.07, 6.45) is 1.42. The van der Waals surface area contributed by atoms with E-state index in [0.717, 1.165) is 25.5 Å². The number of carbonyl (C=O) groups is 1. The molecule has 1 aromatic carbocycles. The summed E-state index contributed by atoms with van der Waals surface area (Å²) in [5, 5.41) is 3.26. The zero-order valence-electron chi connectivity index (χ0n) is 14.3. The fourth-order valence-electron chi connectivity index (χ4n) is 2.88. The second-order valence-corrected chi connectivity index (χ2v) is 6.10. The zero-order valence-corrected chi connectivity index (χ0v) is 14.3. The topological polar surface area (TPSA) is 53.9 Å². The number of guanidine groups is 1. The van der Waals surface area contributed by atoms with Crippen molar-refractivity contribution in [3.63, 3.8) is 0 Å². The molecule has 0 amide bonds. The Hall–Kier alpha value is -2.04. The Morgan fingerprint density at radius 2 is 2.13 bits per heavy atom. The summed E-state index contributed by atoms with van der Waals surface area (Å²) >= 11 is 0. The summed E-state index contributed by atoms with van der Waals surface area (Å²) in [5.74, 6) is 1.23. The molecule has 1 atom stereocenters. The molecular weight excluding hydrogens is 290 g/mol. The molecule has 5 heteroatoms. The molecule has 1 aliphatic heterocycles. The van der Waals surface area contributed by atoms with Gasteiger partial charge in [-0.05, 0) is 25.8 Å². The number of hydrogen-bond acceptors (Lipinski definition) is 3. The van der Waals surface area contributed by atoms with E-state index >= 15 is 0 Å². The Balaban J connectivity index is 1.80. The van der Waals surface area contributed by atoms with Gasteiger partial charge in [-0.1, -0.05) is 30.3 Å². The molecule has 0 spiro atoms. The minimum atomic E-state index is -0.175. The molecule has 1 N–H and O–H groups in total. The summed E-state index contributed by atoms with van der Waals surface area (Å²) in [7, 11) is 1.78. The quantitative estimate of drug-likeness (QED) is 0.515. The first-order valence-corrected chi connectivity index (χ1v) is 8.30. The summed E-state index contributed by atoms with van der Waals surface area (Å²) in [6, 6.07) is 10.6. The average Bonchev–Trinajstić information content (AvgIpc) is 3.01. The highest BCUT2D eigenvalue weighted by molar-refractivity contribution is 5.81. The minimum Gasteiger partial charge on any atom is -0.463 e. The van der Waals surface area contributed by atoms with Crippen LogP contribution in [0.15, 0.2) is 35.3 Å². The van der Waals surface area contributed by atoms with Crippen molar-refractivity contribution in [3.8, 4) is 0 Å². The Morgan fingerprint density at radius 3 is 2.78 bits per heavy atom. The molecule has 1 unspecified atom stereocenters. The Morgan fingerprint density at radius 1 is 1.39 bits per heavy atom. The van der Waals surface area contributed by atoms with Gasteiger partial charge in [-0.2, -0.15) is 0 Å². The van der Waals surface area contributed by atoms with Crippen LogP contribution in [0.4, 0.5) is 0 Å². The predicted octanol–water partition coefficient (Wildman–Crippen LogP) is 2.39. The molecule has 1 aliphatic rings. The number of nitrogens with zero attached hydrogens (tertiary/aromatic N) is 2. The lowest BCUT2D eigenvalue weighted by atomic mass is 9.99. The highest BCUT2D eigenvalue weighted by Gasteiger charge is 2.25. The molecule has 1 saturated heterocycles. The molecule has 1 fully saturated rings. The van der Waals surface area contributed by atoms with E-state index in [-0.39, 0.29) is 12.1 Å². The highest BCUT2D eigenvalue weighted by atomic mass is 16.5. The van der Waals surface area contributed by atoms with Crippen LogP contribution in [0.5, 0.6) is 0 Å². The maximum Gasteiger partial charge on any atom is 0.307 e. The molecule has 2 rings (SSSR count). The van der Waals surface area contributed by atoms with Crippen molar-refractivity contribution < 1.29 is 9.53 Å². The van der Waals surface area contributed by atoms with E-state index in [0.29, 0.717) is 18.9 Å². The van der Waals surface area contributed by atoms with Crippen LogP contribution >= 0.6 is 0 Å². The standard InChI is InChI=1S/C18H27N3O2/c1-14(2)23-17(22)9-11-20-18(19-3)21-12-10-16(13-21)15-7-5-4-6-8-15/h4-8,14,16H,9-13H2,1-3H3,(H,19,20). The first kappa shape index (κ1) is 17.3. The normalized spacial score (nSPS) is 18.3. The summed E-state index contributed by atoms with van der Waals surface area (Å²) < 4.78 is 5.13. The number of hydrogen-bond donors (Lipinski definition) is 1. The molecule has 0 aliphatic carbocycles. The van der Waals surface area contributed by atoms with Gasteiger partial charge in [0.2, 0.25) is 0 Å². The maximum atomic E-state index is 11.6. The monoisotopic (exact) mass is 317 g/mol. The van der Waals surface area contributed by atoms with Crippen LogP contribution in [-0.2, 0) is 9.53 Å². The molecule has 1 heterocycles. The van der Waals surface area contributed by atoms with Gasteiger partial charge in [-0.3, -0.25) is 9.79 Å². The number of benzene rings is 1. The van der Waals surface area contributed by atoms with Crippen LogP contribution in [0.25, 0.3) is 0 Å². The van der Waals surface area contributed by atoms with Crippen molar-refractivity contribution >= 4 is 11.9 Å². The number of rotatable bonds is 5. The molecule has 1 aromatic rings. The lowest BCUT2D eigenvalue weighted by Gasteiger charge is -2.21. The van der Waals surface area contributed by atoms with Crippen LogP contribution in [0.2, 0.25) is 0 Å². The molecule has 23 heavy (non-hydrogen) atoms. The highest BCUT2D eigenvalue weighted by Crippen LogP contribution is 2.26. The summed E-state index contributed by atoms with van der Waals surface area (Å²) in [6.45, 7) is 6.21. The van der Waals surface area contributed by atoms with E-state index in [4.69, 9.17) is 4.74 Å². The predicted molar refractivity (Wildman–Crippen MR) is 92.6 cm³/mol. The van der Waals surface area contributed by atoms with Gasteiger partial charge in [0.1, 0.15) is 0 Å². The van der Waals surface area contributed by atoms with Gasteiger partial charge < -0.3 is 15.0 Å². The molecule has 126 valence electrons. The third-order valence-corrected chi connectivity index (χ3v) is 3.95. The number of likely N-dealkylation sites (tertiary alicyclic amines) is 1. The lowest BCUT2D eigenvalue weighted by Crippen LogP contribution is -2.40. The molecule has 0 aromatic heterocycles. The second-order valence-electron chi connectivity index (χ2n) is 6.10. The van der Waals surface area contributed by atoms with Crippen LogP contribution in [0, 0.1) is 0 Å². The molecule has 0 bridgehead atoms. The third kappa shape index (κ3) is 5.27. The average molecular weight is 317 g/mol. The first-order chi connectivity index (χ1) is 11.1. The van der Waals surface area contributed by atoms with Gasteiger partial charge in [0.05, 0.1) is 12.5 Å². The number of esters is 1. The maximum absolute atomic E-state index is 11.6. The van der Waals surface area contributed by atoms with Gasteiger partial charge in [0.15, 0.2) is 5.96 Å². The first-order valence-electron chi connectivity index (χ1n) is 8.30. The van der Waals surface area contributed by atoms with Crippen molar-refractivity contribution in [3.05, 3.63) is 35.9 Å². The van der Waals surface area contributed by atoms with Crippen LogP contribution in [0.3, 0.4) is 0 Å².